The Balaban J connectivity index is 1.93. The Morgan fingerprint density at radius 1 is 0.833 bits per heavy atom. The summed E-state index contributed by atoms with van der Waals surface area (Å²) in [5, 5.41) is 2.67. The molecule has 1 unspecified atom stereocenters. The maximum Gasteiger partial charge on any atom is 0.243 e. The van der Waals surface area contributed by atoms with Crippen molar-refractivity contribution in [2.75, 3.05) is 20.6 Å². The van der Waals surface area contributed by atoms with Crippen LogP contribution in [0.15, 0.2) is 83.8 Å². The number of hydrogen-bond donors (Lipinski definition) is 1. The van der Waals surface area contributed by atoms with E-state index in [4.69, 9.17) is 0 Å². The van der Waals surface area contributed by atoms with Gasteiger partial charge in [0.2, 0.25) is 21.8 Å². The molecule has 0 saturated heterocycles. The highest BCUT2D eigenvalue weighted by Crippen LogP contribution is 2.18. The maximum atomic E-state index is 13.6. The van der Waals surface area contributed by atoms with Crippen molar-refractivity contribution in [1.29, 1.82) is 0 Å². The van der Waals surface area contributed by atoms with Gasteiger partial charge in [-0.2, -0.15) is 4.31 Å². The normalized spacial score (nSPS) is 12.2. The first-order valence-electron chi connectivity index (χ1n) is 11.8. The van der Waals surface area contributed by atoms with Gasteiger partial charge < -0.3 is 10.2 Å². The van der Waals surface area contributed by atoms with Crippen LogP contribution in [-0.2, 0) is 32.6 Å². The van der Waals surface area contributed by atoms with E-state index in [0.717, 1.165) is 26.6 Å². The fourth-order valence-electron chi connectivity index (χ4n) is 3.87. The lowest BCUT2D eigenvalue weighted by atomic mass is 10.0. The number of hydrogen-bond acceptors (Lipinski definition) is 4. The largest absolute Gasteiger partial charge is 0.357 e. The van der Waals surface area contributed by atoms with Gasteiger partial charge in [0, 0.05) is 27.1 Å². The smallest absolute Gasteiger partial charge is 0.243 e. The summed E-state index contributed by atoms with van der Waals surface area (Å²) >= 11 is 0. The van der Waals surface area contributed by atoms with Crippen LogP contribution in [0.25, 0.3) is 0 Å². The third-order valence-electron chi connectivity index (χ3n) is 6.08. The molecule has 0 aromatic heterocycles. The number of carbonyl (C=O) groups excluding carboxylic acids is 2. The van der Waals surface area contributed by atoms with E-state index >= 15 is 0 Å². The lowest BCUT2D eigenvalue weighted by Gasteiger charge is -2.32. The van der Waals surface area contributed by atoms with Gasteiger partial charge in [0.05, 0.1) is 11.4 Å². The summed E-state index contributed by atoms with van der Waals surface area (Å²) in [5.41, 5.74) is 3.76. The van der Waals surface area contributed by atoms with Gasteiger partial charge in [-0.05, 0) is 37.1 Å². The van der Waals surface area contributed by atoms with Crippen molar-refractivity contribution >= 4 is 21.8 Å². The number of amides is 2. The average Bonchev–Trinajstić information content (AvgIpc) is 2.87. The fourth-order valence-corrected chi connectivity index (χ4v) is 4.99. The Hall–Kier alpha value is -3.49. The fraction of sp³-hybridized carbons (Fsp3) is 0.286. The zero-order valence-corrected chi connectivity index (χ0v) is 22.0. The van der Waals surface area contributed by atoms with E-state index in [-0.39, 0.29) is 17.3 Å². The SMILES string of the molecule is CNC(=O)C(Cc1ccccc1)N(Cc1ccc(C)cc1)C(=O)CN(C)S(=O)(=O)c1ccc(C)cc1. The molecule has 0 aliphatic heterocycles. The van der Waals surface area contributed by atoms with E-state index in [1.54, 1.807) is 12.1 Å². The summed E-state index contributed by atoms with van der Waals surface area (Å²) in [7, 11) is -0.979. The van der Waals surface area contributed by atoms with Gasteiger partial charge in [-0.25, -0.2) is 8.42 Å². The number of carbonyl (C=O) groups is 2. The lowest BCUT2D eigenvalue weighted by Crippen LogP contribution is -2.52. The van der Waals surface area contributed by atoms with E-state index < -0.39 is 28.5 Å². The third kappa shape index (κ3) is 6.80. The first-order chi connectivity index (χ1) is 17.1. The zero-order chi connectivity index (χ0) is 26.3. The van der Waals surface area contributed by atoms with E-state index in [0.29, 0.717) is 6.42 Å². The highest BCUT2D eigenvalue weighted by molar-refractivity contribution is 7.89. The van der Waals surface area contributed by atoms with Crippen LogP contribution in [0.3, 0.4) is 0 Å². The minimum atomic E-state index is -3.89. The Labute approximate surface area is 213 Å². The first-order valence-corrected chi connectivity index (χ1v) is 13.2. The number of rotatable bonds is 10. The molecule has 1 atom stereocenters. The van der Waals surface area contributed by atoms with Gasteiger partial charge >= 0.3 is 0 Å². The van der Waals surface area contributed by atoms with E-state index in [9.17, 15) is 18.0 Å². The van der Waals surface area contributed by atoms with Gasteiger partial charge in [-0.15, -0.1) is 0 Å². The van der Waals surface area contributed by atoms with Gasteiger partial charge in [0.1, 0.15) is 6.04 Å². The topological polar surface area (TPSA) is 86.8 Å². The van der Waals surface area contributed by atoms with Crippen LogP contribution < -0.4 is 5.32 Å². The van der Waals surface area contributed by atoms with E-state index in [1.807, 2.05) is 68.4 Å². The summed E-state index contributed by atoms with van der Waals surface area (Å²) in [6.07, 6.45) is 0.298. The number of nitrogens with zero attached hydrogens (tertiary/aromatic N) is 2. The lowest BCUT2D eigenvalue weighted by molar-refractivity contribution is -0.141. The molecule has 7 nitrogen and oxygen atoms in total. The Morgan fingerprint density at radius 3 is 1.94 bits per heavy atom. The first kappa shape index (κ1) is 27.1. The second kappa shape index (κ2) is 12.0. The average molecular weight is 508 g/mol. The zero-order valence-electron chi connectivity index (χ0n) is 21.1. The molecule has 0 aliphatic rings. The molecule has 2 amide bonds. The standard InChI is InChI=1S/C28H33N3O4S/c1-21-10-14-24(15-11-21)19-31(26(28(33)29-3)18-23-8-6-5-7-9-23)27(32)20-30(4)36(34,35)25-16-12-22(2)13-17-25/h5-17,26H,18-20H2,1-4H3,(H,29,33). The highest BCUT2D eigenvalue weighted by atomic mass is 32.2. The van der Waals surface area contributed by atoms with Gasteiger partial charge in [-0.1, -0.05) is 77.9 Å². The summed E-state index contributed by atoms with van der Waals surface area (Å²) in [5.74, 6) is -0.776. The maximum absolute atomic E-state index is 13.6. The highest BCUT2D eigenvalue weighted by Gasteiger charge is 2.32. The summed E-state index contributed by atoms with van der Waals surface area (Å²) in [4.78, 5) is 28.2. The summed E-state index contributed by atoms with van der Waals surface area (Å²) in [6, 6.07) is 22.8. The molecule has 0 bridgehead atoms. The molecule has 0 heterocycles. The van der Waals surface area contributed by atoms with Crippen LogP contribution >= 0.6 is 0 Å². The molecule has 3 aromatic carbocycles. The van der Waals surface area contributed by atoms with Crippen molar-refractivity contribution < 1.29 is 18.0 Å². The van der Waals surface area contributed by atoms with Crippen molar-refractivity contribution in [3.63, 3.8) is 0 Å². The monoisotopic (exact) mass is 507 g/mol. The van der Waals surface area contributed by atoms with Crippen LogP contribution in [-0.4, -0.2) is 56.1 Å². The molecule has 0 radical (unpaired) electrons. The number of likely N-dealkylation sites (N-methyl/N-ethyl adjacent to an activating group) is 2. The Kier molecular flexibility index (Phi) is 9.01. The van der Waals surface area contributed by atoms with Crippen LogP contribution in [0.2, 0.25) is 0 Å². The molecular weight excluding hydrogens is 474 g/mol. The van der Waals surface area contributed by atoms with Crippen molar-refractivity contribution in [2.24, 2.45) is 0 Å². The molecule has 0 aliphatic carbocycles. The van der Waals surface area contributed by atoms with Crippen molar-refractivity contribution in [3.05, 3.63) is 101 Å². The second-order valence-corrected chi connectivity index (χ2v) is 10.9. The molecule has 36 heavy (non-hydrogen) atoms. The van der Waals surface area contributed by atoms with Crippen molar-refractivity contribution in [2.45, 2.75) is 37.8 Å². The molecule has 190 valence electrons. The van der Waals surface area contributed by atoms with Crippen LogP contribution in [0, 0.1) is 13.8 Å². The minimum absolute atomic E-state index is 0.112. The molecular formula is C28H33N3O4S. The minimum Gasteiger partial charge on any atom is -0.357 e. The third-order valence-corrected chi connectivity index (χ3v) is 7.90. The molecule has 1 N–H and O–H groups in total. The predicted molar refractivity (Wildman–Crippen MR) is 141 cm³/mol. The molecule has 3 rings (SSSR count). The van der Waals surface area contributed by atoms with E-state index in [2.05, 4.69) is 5.32 Å². The Morgan fingerprint density at radius 2 is 1.39 bits per heavy atom. The van der Waals surface area contributed by atoms with Crippen molar-refractivity contribution in [3.8, 4) is 0 Å². The number of aryl methyl sites for hydroxylation is 2. The van der Waals surface area contributed by atoms with Crippen LogP contribution in [0.5, 0.6) is 0 Å². The number of benzene rings is 3. The number of nitrogens with one attached hydrogen (secondary N) is 1. The Bertz CT molecular complexity index is 1270. The molecule has 0 spiro atoms. The molecule has 8 heteroatoms. The second-order valence-electron chi connectivity index (χ2n) is 8.90. The summed E-state index contributed by atoms with van der Waals surface area (Å²) < 4.78 is 27.3. The van der Waals surface area contributed by atoms with E-state index in [1.165, 1.54) is 31.1 Å². The van der Waals surface area contributed by atoms with Crippen molar-refractivity contribution in [1.82, 2.24) is 14.5 Å². The van der Waals surface area contributed by atoms with Crippen LogP contribution in [0.1, 0.15) is 22.3 Å². The van der Waals surface area contributed by atoms with Gasteiger partial charge in [-0.3, -0.25) is 9.59 Å². The molecule has 0 saturated carbocycles. The summed E-state index contributed by atoms with van der Waals surface area (Å²) in [6.45, 7) is 3.62. The van der Waals surface area contributed by atoms with Gasteiger partial charge in [0.15, 0.2) is 0 Å². The molecule has 3 aromatic rings. The predicted octanol–water partition coefficient (Wildman–Crippen LogP) is 3.31. The number of sulfonamides is 1. The quantitative estimate of drug-likeness (QED) is 0.456. The van der Waals surface area contributed by atoms with Gasteiger partial charge in [0.25, 0.3) is 0 Å². The van der Waals surface area contributed by atoms with Crippen LogP contribution in [0.4, 0.5) is 0 Å². The molecule has 0 fully saturated rings.